The Labute approximate surface area is 177 Å². The van der Waals surface area contributed by atoms with Crippen LogP contribution in [0.3, 0.4) is 0 Å². The Kier molecular flexibility index (Phi) is 7.25. The first kappa shape index (κ1) is 21.4. The average Bonchev–Trinajstić information content (AvgIpc) is 3.23. The second kappa shape index (κ2) is 10.5. The van der Waals surface area contributed by atoms with Crippen molar-refractivity contribution in [3.05, 3.63) is 48.5 Å². The number of aromatic nitrogens is 2. The van der Waals surface area contributed by atoms with Crippen LogP contribution in [0.4, 0.5) is 11.6 Å². The molecular weight excluding hydrogens is 408 g/mol. The van der Waals surface area contributed by atoms with Crippen LogP contribution in [-0.4, -0.2) is 49.6 Å². The number of rotatable bonds is 10. The first-order valence-corrected chi connectivity index (χ1v) is 9.03. The van der Waals surface area contributed by atoms with Crippen molar-refractivity contribution < 1.29 is 33.2 Å². The summed E-state index contributed by atoms with van der Waals surface area (Å²) >= 11 is 0. The van der Waals surface area contributed by atoms with E-state index in [9.17, 15) is 9.59 Å². The van der Waals surface area contributed by atoms with Gasteiger partial charge < -0.3 is 29.6 Å². The second-order valence-corrected chi connectivity index (χ2v) is 5.99. The topological polar surface area (TPSA) is 134 Å². The summed E-state index contributed by atoms with van der Waals surface area (Å²) in [5, 5.41) is 12.0. The van der Waals surface area contributed by atoms with Crippen molar-refractivity contribution in [3.8, 4) is 23.0 Å². The van der Waals surface area contributed by atoms with E-state index in [1.165, 1.54) is 0 Å². The van der Waals surface area contributed by atoms with E-state index in [0.717, 1.165) is 0 Å². The van der Waals surface area contributed by atoms with Gasteiger partial charge in [-0.3, -0.25) is 9.59 Å². The monoisotopic (exact) mass is 428 g/mol. The molecule has 0 unspecified atom stereocenters. The van der Waals surface area contributed by atoms with Gasteiger partial charge >= 0.3 is 0 Å². The van der Waals surface area contributed by atoms with Crippen molar-refractivity contribution in [1.29, 1.82) is 0 Å². The maximum absolute atomic E-state index is 12.1. The molecule has 2 aromatic carbocycles. The molecule has 0 fully saturated rings. The Morgan fingerprint density at radius 3 is 1.42 bits per heavy atom. The number of ether oxygens (including phenoxy) is 4. The summed E-state index contributed by atoms with van der Waals surface area (Å²) in [6.45, 7) is -0.569. The van der Waals surface area contributed by atoms with Gasteiger partial charge in [0.25, 0.3) is 11.8 Å². The number of carbonyl (C=O) groups excluding carboxylic acids is 2. The van der Waals surface area contributed by atoms with Gasteiger partial charge in [0.2, 0.25) is 11.6 Å². The number of nitrogens with zero attached hydrogens (tertiary/aromatic N) is 2. The van der Waals surface area contributed by atoms with Crippen LogP contribution in [-0.2, 0) is 9.59 Å². The maximum Gasteiger partial charge on any atom is 0.263 e. The molecule has 2 N–H and O–H groups in total. The minimum Gasteiger partial charge on any atom is -0.497 e. The molecule has 31 heavy (non-hydrogen) atoms. The summed E-state index contributed by atoms with van der Waals surface area (Å²) in [4.78, 5) is 24.2. The van der Waals surface area contributed by atoms with Crippen molar-refractivity contribution in [1.82, 2.24) is 10.3 Å². The molecule has 11 heteroatoms. The fraction of sp³-hybridized carbons (Fsp3) is 0.200. The lowest BCUT2D eigenvalue weighted by atomic mass is 10.3. The summed E-state index contributed by atoms with van der Waals surface area (Å²) in [5.41, 5.74) is 0. The lowest BCUT2D eigenvalue weighted by Gasteiger charge is -2.08. The van der Waals surface area contributed by atoms with Crippen LogP contribution in [0.25, 0.3) is 0 Å². The smallest absolute Gasteiger partial charge is 0.263 e. The van der Waals surface area contributed by atoms with Crippen LogP contribution in [0.2, 0.25) is 0 Å². The van der Waals surface area contributed by atoms with E-state index in [2.05, 4.69) is 25.6 Å². The Hall–Kier alpha value is -4.28. The van der Waals surface area contributed by atoms with E-state index >= 15 is 0 Å². The molecule has 0 spiro atoms. The van der Waals surface area contributed by atoms with Gasteiger partial charge in [-0.05, 0) is 58.8 Å². The van der Waals surface area contributed by atoms with Gasteiger partial charge in [-0.15, -0.1) is 0 Å². The average molecular weight is 428 g/mol. The molecule has 0 bridgehead atoms. The lowest BCUT2D eigenvalue weighted by molar-refractivity contribution is -0.119. The van der Waals surface area contributed by atoms with Crippen molar-refractivity contribution in [2.75, 3.05) is 38.1 Å². The van der Waals surface area contributed by atoms with E-state index < -0.39 is 11.8 Å². The largest absolute Gasteiger partial charge is 0.497 e. The third-order valence-electron chi connectivity index (χ3n) is 3.86. The molecule has 0 saturated heterocycles. The zero-order valence-electron chi connectivity index (χ0n) is 16.8. The standard InChI is InChI=1S/C20H20N4O7/c1-27-13-3-7-15(8-4-13)29-11-17(25)21-19-20(24-31-23-19)22-18(26)12-30-16-9-5-14(28-2)6-10-16/h3-10H,11-12H2,1-2H3,(H,21,23,25)(H,22,24,26). The van der Waals surface area contributed by atoms with Gasteiger partial charge in [-0.25, -0.2) is 4.63 Å². The quantitative estimate of drug-likeness (QED) is 0.498. The molecule has 3 aromatic rings. The van der Waals surface area contributed by atoms with Gasteiger partial charge in [0.05, 0.1) is 14.2 Å². The molecule has 3 rings (SSSR count). The Bertz CT molecular complexity index is 923. The maximum atomic E-state index is 12.1. The molecule has 162 valence electrons. The van der Waals surface area contributed by atoms with Gasteiger partial charge in [-0.1, -0.05) is 0 Å². The van der Waals surface area contributed by atoms with Crippen molar-refractivity contribution in [2.45, 2.75) is 0 Å². The van der Waals surface area contributed by atoms with Crippen LogP contribution in [0.1, 0.15) is 0 Å². The first-order valence-electron chi connectivity index (χ1n) is 9.03. The minimum absolute atomic E-state index is 0.0545. The highest BCUT2D eigenvalue weighted by atomic mass is 16.6. The summed E-state index contributed by atoms with van der Waals surface area (Å²) < 4.78 is 25.4. The normalized spacial score (nSPS) is 10.1. The Balaban J connectivity index is 1.46. The number of methoxy groups -OCH3 is 2. The van der Waals surface area contributed by atoms with Crippen LogP contribution < -0.4 is 29.6 Å². The van der Waals surface area contributed by atoms with E-state index in [0.29, 0.717) is 23.0 Å². The lowest BCUT2D eigenvalue weighted by Crippen LogP contribution is -2.23. The number of carbonyl (C=O) groups is 2. The second-order valence-electron chi connectivity index (χ2n) is 5.99. The van der Waals surface area contributed by atoms with Gasteiger partial charge in [0.15, 0.2) is 13.2 Å². The van der Waals surface area contributed by atoms with E-state index in [1.54, 1.807) is 62.8 Å². The van der Waals surface area contributed by atoms with E-state index in [1.807, 2.05) is 0 Å². The fourth-order valence-electron chi connectivity index (χ4n) is 2.33. The highest BCUT2D eigenvalue weighted by Crippen LogP contribution is 2.19. The van der Waals surface area contributed by atoms with Crippen LogP contribution in [0, 0.1) is 0 Å². The third-order valence-corrected chi connectivity index (χ3v) is 3.86. The predicted molar refractivity (Wildman–Crippen MR) is 109 cm³/mol. The van der Waals surface area contributed by atoms with Crippen molar-refractivity contribution in [2.24, 2.45) is 0 Å². The molecule has 0 saturated carbocycles. The predicted octanol–water partition coefficient (Wildman–Crippen LogP) is 2.12. The van der Waals surface area contributed by atoms with Crippen LogP contribution >= 0.6 is 0 Å². The van der Waals surface area contributed by atoms with Crippen LogP contribution in [0.15, 0.2) is 53.2 Å². The Morgan fingerprint density at radius 2 is 1.06 bits per heavy atom. The molecule has 2 amide bonds. The Morgan fingerprint density at radius 1 is 0.710 bits per heavy atom. The number of anilines is 2. The number of hydrogen-bond acceptors (Lipinski definition) is 9. The van der Waals surface area contributed by atoms with Crippen LogP contribution in [0.5, 0.6) is 23.0 Å². The molecule has 1 heterocycles. The van der Waals surface area contributed by atoms with E-state index in [-0.39, 0.29) is 24.8 Å². The number of amides is 2. The minimum atomic E-state index is -0.517. The molecular formula is C20H20N4O7. The summed E-state index contributed by atoms with van der Waals surface area (Å²) in [6.07, 6.45) is 0. The zero-order valence-corrected chi connectivity index (χ0v) is 16.8. The van der Waals surface area contributed by atoms with Crippen molar-refractivity contribution >= 4 is 23.5 Å². The third kappa shape index (κ3) is 6.35. The van der Waals surface area contributed by atoms with Gasteiger partial charge in [-0.2, -0.15) is 0 Å². The molecule has 0 radical (unpaired) electrons. The van der Waals surface area contributed by atoms with Gasteiger partial charge in [0.1, 0.15) is 23.0 Å². The first-order chi connectivity index (χ1) is 15.1. The molecule has 0 aliphatic carbocycles. The van der Waals surface area contributed by atoms with E-state index in [4.69, 9.17) is 18.9 Å². The molecule has 0 aliphatic heterocycles. The number of benzene rings is 2. The number of nitrogens with one attached hydrogen (secondary N) is 2. The van der Waals surface area contributed by atoms with Crippen molar-refractivity contribution in [3.63, 3.8) is 0 Å². The summed E-state index contributed by atoms with van der Waals surface area (Å²) in [5.74, 6) is 1.16. The molecule has 0 aliphatic rings. The van der Waals surface area contributed by atoms with Gasteiger partial charge in [0, 0.05) is 0 Å². The molecule has 1 aromatic heterocycles. The summed E-state index contributed by atoms with van der Waals surface area (Å²) in [7, 11) is 3.10. The fourth-order valence-corrected chi connectivity index (χ4v) is 2.33. The summed E-state index contributed by atoms with van der Waals surface area (Å²) in [6, 6.07) is 13.5. The highest BCUT2D eigenvalue weighted by molar-refractivity contribution is 5.98. The molecule has 0 atom stereocenters. The SMILES string of the molecule is COc1ccc(OCC(=O)Nc2nonc2NC(=O)COc2ccc(OC)cc2)cc1. The number of hydrogen-bond donors (Lipinski definition) is 2. The highest BCUT2D eigenvalue weighted by Gasteiger charge is 2.16. The zero-order chi connectivity index (χ0) is 22.1. The molecule has 11 nitrogen and oxygen atoms in total.